The number of hydrogen-bond acceptors (Lipinski definition) is 8. The Kier molecular flexibility index (Phi) is 10.3. The van der Waals surface area contributed by atoms with Crippen LogP contribution in [0.3, 0.4) is 0 Å². The van der Waals surface area contributed by atoms with Gasteiger partial charge in [0.15, 0.2) is 10.8 Å². The second-order valence-electron chi connectivity index (χ2n) is 9.30. The van der Waals surface area contributed by atoms with E-state index in [9.17, 15) is 9.59 Å². The lowest BCUT2D eigenvalue weighted by molar-refractivity contribution is -0.121. The van der Waals surface area contributed by atoms with Crippen molar-refractivity contribution in [3.63, 3.8) is 0 Å². The average Bonchev–Trinajstić information content (AvgIpc) is 3.57. The van der Waals surface area contributed by atoms with E-state index in [4.69, 9.17) is 14.2 Å². The van der Waals surface area contributed by atoms with Crippen molar-refractivity contribution < 1.29 is 23.8 Å². The van der Waals surface area contributed by atoms with Crippen LogP contribution in [-0.4, -0.2) is 55.3 Å². The van der Waals surface area contributed by atoms with Crippen molar-refractivity contribution >= 4 is 34.7 Å². The van der Waals surface area contributed by atoms with Gasteiger partial charge in [-0.3, -0.25) is 9.59 Å². The molecule has 1 saturated heterocycles. The van der Waals surface area contributed by atoms with Crippen LogP contribution in [0.5, 0.6) is 0 Å². The average molecular weight is 518 g/mol. The van der Waals surface area contributed by atoms with E-state index < -0.39 is 0 Å². The van der Waals surface area contributed by atoms with Gasteiger partial charge < -0.3 is 14.2 Å². The van der Waals surface area contributed by atoms with E-state index in [1.807, 2.05) is 11.8 Å². The molecule has 0 bridgehead atoms. The molecule has 0 N–H and O–H groups in total. The Morgan fingerprint density at radius 2 is 1.89 bits per heavy atom. The summed E-state index contributed by atoms with van der Waals surface area (Å²) in [4.78, 5) is 32.6. The molecule has 1 aromatic heterocycles. The molecule has 6 nitrogen and oxygen atoms in total. The van der Waals surface area contributed by atoms with E-state index in [2.05, 4.69) is 29.2 Å². The van der Waals surface area contributed by atoms with Gasteiger partial charge in [0, 0.05) is 55.4 Å². The van der Waals surface area contributed by atoms with E-state index in [1.165, 1.54) is 29.1 Å². The molecular weight excluding hydrogens is 482 g/mol. The van der Waals surface area contributed by atoms with Crippen LogP contribution >= 0.6 is 23.1 Å². The van der Waals surface area contributed by atoms with Crippen LogP contribution in [0.1, 0.15) is 71.1 Å². The van der Waals surface area contributed by atoms with Crippen LogP contribution in [0.4, 0.5) is 0 Å². The van der Waals surface area contributed by atoms with Gasteiger partial charge in [-0.2, -0.15) is 0 Å². The first-order valence-electron chi connectivity index (χ1n) is 12.5. The lowest BCUT2D eigenvalue weighted by atomic mass is 9.81. The zero-order chi connectivity index (χ0) is 24.5. The molecule has 2 aromatic rings. The van der Waals surface area contributed by atoms with Crippen molar-refractivity contribution in [1.29, 1.82) is 0 Å². The summed E-state index contributed by atoms with van der Waals surface area (Å²) in [5.74, 6) is 0.375. The third-order valence-corrected chi connectivity index (χ3v) is 8.84. The van der Waals surface area contributed by atoms with E-state index in [1.54, 1.807) is 13.3 Å². The Morgan fingerprint density at radius 1 is 1.11 bits per heavy atom. The van der Waals surface area contributed by atoms with E-state index in [-0.39, 0.29) is 30.3 Å². The molecule has 1 aliphatic carbocycles. The standard InChI is InChI=1S/C27H35NO5S2/c1-31-14-15-33-18-23-17-28-27(35-23)26(30)9-8-25(29)24(16-19-10-12-32-13-11-19)20-2-4-21(5-3-20)34-22-6-7-22/h2-5,17,19,22,24H,6-16,18H2,1H3. The molecule has 1 aliphatic heterocycles. The number of thiazole rings is 1. The second kappa shape index (κ2) is 13.7. The number of carbonyl (C=O) groups is 2. The lowest BCUT2D eigenvalue weighted by Crippen LogP contribution is -2.22. The number of aromatic nitrogens is 1. The number of ketones is 2. The van der Waals surface area contributed by atoms with Gasteiger partial charge in [-0.15, -0.1) is 23.1 Å². The van der Waals surface area contributed by atoms with Gasteiger partial charge in [-0.05, 0) is 55.7 Å². The number of ether oxygens (including phenoxy) is 3. The lowest BCUT2D eigenvalue weighted by Gasteiger charge is -2.26. The zero-order valence-electron chi connectivity index (χ0n) is 20.4. The Hall–Kier alpha value is -1.58. The van der Waals surface area contributed by atoms with Crippen molar-refractivity contribution in [3.8, 4) is 0 Å². The third-order valence-electron chi connectivity index (χ3n) is 6.47. The number of carbonyl (C=O) groups excluding carboxylic acids is 2. The number of benzene rings is 1. The SMILES string of the molecule is COCCOCc1cnc(C(=O)CCC(=O)C(CC2CCOCC2)c2ccc(SC3CC3)cc2)s1. The Morgan fingerprint density at radius 3 is 2.60 bits per heavy atom. The fourth-order valence-corrected chi connectivity index (χ4v) is 6.13. The summed E-state index contributed by atoms with van der Waals surface area (Å²) in [6, 6.07) is 8.54. The molecule has 1 atom stereocenters. The Balaban J connectivity index is 1.34. The molecule has 1 unspecified atom stereocenters. The van der Waals surface area contributed by atoms with Gasteiger partial charge in [-0.25, -0.2) is 4.98 Å². The van der Waals surface area contributed by atoms with E-state index in [0.29, 0.717) is 30.7 Å². The largest absolute Gasteiger partial charge is 0.382 e. The summed E-state index contributed by atoms with van der Waals surface area (Å²) in [6.45, 7) is 2.98. The van der Waals surface area contributed by atoms with Gasteiger partial charge in [0.1, 0.15) is 5.78 Å². The minimum Gasteiger partial charge on any atom is -0.382 e. The summed E-state index contributed by atoms with van der Waals surface area (Å²) in [6.07, 6.45) is 7.52. The Bertz CT molecular complexity index is 951. The van der Waals surface area contributed by atoms with Crippen molar-refractivity contribution in [2.24, 2.45) is 5.92 Å². The maximum Gasteiger partial charge on any atom is 0.191 e. The molecule has 1 aromatic carbocycles. The molecule has 8 heteroatoms. The minimum atomic E-state index is -0.174. The highest BCUT2D eigenvalue weighted by molar-refractivity contribution is 8.00. The fraction of sp³-hybridized carbons (Fsp3) is 0.593. The number of rotatable bonds is 15. The number of Topliss-reactive ketones (excluding diaryl/α,β-unsaturated/α-hetero) is 2. The van der Waals surface area contributed by atoms with Gasteiger partial charge in [-0.1, -0.05) is 12.1 Å². The summed E-state index contributed by atoms with van der Waals surface area (Å²) in [5.41, 5.74) is 1.07. The first-order valence-corrected chi connectivity index (χ1v) is 14.2. The summed E-state index contributed by atoms with van der Waals surface area (Å²) in [7, 11) is 1.63. The van der Waals surface area contributed by atoms with E-state index in [0.717, 1.165) is 48.2 Å². The molecule has 2 aliphatic rings. The van der Waals surface area contributed by atoms with Crippen molar-refractivity contribution in [3.05, 3.63) is 45.9 Å². The topological polar surface area (TPSA) is 74.7 Å². The van der Waals surface area contributed by atoms with Crippen molar-refractivity contribution in [1.82, 2.24) is 4.98 Å². The highest BCUT2D eigenvalue weighted by Crippen LogP contribution is 2.40. The van der Waals surface area contributed by atoms with Crippen molar-refractivity contribution in [2.45, 2.75) is 67.6 Å². The number of nitrogens with zero attached hydrogens (tertiary/aromatic N) is 1. The third kappa shape index (κ3) is 8.50. The van der Waals surface area contributed by atoms with Crippen LogP contribution in [0, 0.1) is 5.92 Å². The highest BCUT2D eigenvalue weighted by Gasteiger charge is 2.27. The number of thioether (sulfide) groups is 1. The van der Waals surface area contributed by atoms with Crippen LogP contribution < -0.4 is 0 Å². The number of hydrogen-bond donors (Lipinski definition) is 0. The number of methoxy groups -OCH3 is 1. The molecule has 1 saturated carbocycles. The molecule has 35 heavy (non-hydrogen) atoms. The normalized spacial score (nSPS) is 17.4. The summed E-state index contributed by atoms with van der Waals surface area (Å²) in [5, 5.41) is 1.21. The molecule has 2 fully saturated rings. The molecule has 0 spiro atoms. The van der Waals surface area contributed by atoms with Crippen LogP contribution in [0.2, 0.25) is 0 Å². The second-order valence-corrected chi connectivity index (χ2v) is 11.8. The van der Waals surface area contributed by atoms with Crippen molar-refractivity contribution in [2.75, 3.05) is 33.5 Å². The van der Waals surface area contributed by atoms with Gasteiger partial charge in [0.2, 0.25) is 0 Å². The molecule has 2 heterocycles. The maximum atomic E-state index is 13.4. The summed E-state index contributed by atoms with van der Waals surface area (Å²) < 4.78 is 16.0. The fourth-order valence-electron chi connectivity index (χ4n) is 4.26. The van der Waals surface area contributed by atoms with Gasteiger partial charge in [0.05, 0.1) is 24.7 Å². The van der Waals surface area contributed by atoms with Crippen LogP contribution in [0.15, 0.2) is 35.4 Å². The first-order chi connectivity index (χ1) is 17.1. The molecular formula is C27H35NO5S2. The first kappa shape index (κ1) is 26.5. The predicted molar refractivity (Wildman–Crippen MR) is 138 cm³/mol. The van der Waals surface area contributed by atoms with Gasteiger partial charge in [0.25, 0.3) is 0 Å². The van der Waals surface area contributed by atoms with Gasteiger partial charge >= 0.3 is 0 Å². The Labute approximate surface area is 216 Å². The summed E-state index contributed by atoms with van der Waals surface area (Å²) >= 11 is 3.27. The highest BCUT2D eigenvalue weighted by atomic mass is 32.2. The smallest absolute Gasteiger partial charge is 0.191 e. The van der Waals surface area contributed by atoms with E-state index >= 15 is 0 Å². The van der Waals surface area contributed by atoms with Crippen LogP contribution in [-0.2, 0) is 25.6 Å². The molecule has 190 valence electrons. The zero-order valence-corrected chi connectivity index (χ0v) is 22.0. The quantitative estimate of drug-likeness (QED) is 0.222. The molecule has 0 amide bonds. The molecule has 4 rings (SSSR count). The minimum absolute atomic E-state index is 0.0764. The van der Waals surface area contributed by atoms with Crippen LogP contribution in [0.25, 0.3) is 0 Å². The maximum absolute atomic E-state index is 13.4. The predicted octanol–water partition coefficient (Wildman–Crippen LogP) is 5.69. The molecule has 0 radical (unpaired) electrons. The monoisotopic (exact) mass is 517 g/mol.